The Labute approximate surface area is 248 Å². The monoisotopic (exact) mass is 597 g/mol. The van der Waals surface area contributed by atoms with Crippen LogP contribution in [-0.4, -0.2) is 61.0 Å². The van der Waals surface area contributed by atoms with E-state index >= 15 is 0 Å². The first-order valence-corrected chi connectivity index (χ1v) is 14.2. The second-order valence-electron chi connectivity index (χ2n) is 11.4. The maximum Gasteiger partial charge on any atom is 0.514 e. The minimum atomic E-state index is -1.11. The minimum Gasteiger partial charge on any atom is -0.458 e. The molecule has 0 aliphatic heterocycles. The van der Waals surface area contributed by atoms with E-state index in [1.165, 1.54) is 12.1 Å². The molecule has 0 amide bonds. The predicted octanol–water partition coefficient (Wildman–Crippen LogP) is 6.10. The third-order valence-electron chi connectivity index (χ3n) is 6.51. The summed E-state index contributed by atoms with van der Waals surface area (Å²) in [5.41, 5.74) is 4.97. The number of ether oxygens (including phenoxy) is 7. The van der Waals surface area contributed by atoms with Crippen LogP contribution < -0.4 is 15.2 Å². The SMILES string of the molecule is CCC(C)COC(=O)OC[C@H](C)OC(=O)[C@@H](N)Cc1ccc(OC(=O)OC(C)(C)CC)c(OC(=O)OC(C)(C)CC)c1. The number of nitrogens with two attached hydrogens (primary N) is 1. The van der Waals surface area contributed by atoms with Gasteiger partial charge in [-0.15, -0.1) is 0 Å². The fraction of sp³-hybridized carbons (Fsp3) is 0.667. The molecular formula is C30H47NO11. The van der Waals surface area contributed by atoms with Gasteiger partial charge in [0.2, 0.25) is 0 Å². The maximum atomic E-state index is 12.6. The van der Waals surface area contributed by atoms with Gasteiger partial charge in [0, 0.05) is 0 Å². The highest BCUT2D eigenvalue weighted by Gasteiger charge is 2.27. The molecule has 0 aromatic heterocycles. The van der Waals surface area contributed by atoms with E-state index in [-0.39, 0.29) is 37.1 Å². The van der Waals surface area contributed by atoms with E-state index in [0.29, 0.717) is 18.4 Å². The molecule has 0 saturated heterocycles. The first-order chi connectivity index (χ1) is 19.5. The normalized spacial score (nSPS) is 13.7. The highest BCUT2D eigenvalue weighted by Crippen LogP contribution is 2.31. The van der Waals surface area contributed by atoms with Crippen molar-refractivity contribution in [3.8, 4) is 11.5 Å². The molecule has 1 aromatic rings. The van der Waals surface area contributed by atoms with Crippen LogP contribution in [0.15, 0.2) is 18.2 Å². The van der Waals surface area contributed by atoms with Crippen molar-refractivity contribution < 1.29 is 52.3 Å². The van der Waals surface area contributed by atoms with Crippen LogP contribution in [0.3, 0.4) is 0 Å². The summed E-state index contributed by atoms with van der Waals surface area (Å²) in [5, 5.41) is 0. The fourth-order valence-electron chi connectivity index (χ4n) is 2.87. The zero-order chi connectivity index (χ0) is 32.1. The molecule has 0 bridgehead atoms. The largest absolute Gasteiger partial charge is 0.514 e. The van der Waals surface area contributed by atoms with Crippen LogP contribution in [0.1, 0.15) is 87.1 Å². The van der Waals surface area contributed by atoms with Gasteiger partial charge >= 0.3 is 24.4 Å². The average Bonchev–Trinajstić information content (AvgIpc) is 2.91. The first kappa shape index (κ1) is 36.5. The van der Waals surface area contributed by atoms with Crippen molar-refractivity contribution >= 4 is 24.4 Å². The Balaban J connectivity index is 2.92. The zero-order valence-electron chi connectivity index (χ0n) is 26.3. The lowest BCUT2D eigenvalue weighted by molar-refractivity contribution is -0.152. The molecular weight excluding hydrogens is 550 g/mol. The molecule has 0 spiro atoms. The van der Waals surface area contributed by atoms with Crippen molar-refractivity contribution in [1.82, 2.24) is 0 Å². The number of benzene rings is 1. The lowest BCUT2D eigenvalue weighted by atomic mass is 10.1. The molecule has 0 radical (unpaired) electrons. The molecule has 0 fully saturated rings. The standard InChI is InChI=1S/C30H47NO11/c1-10-19(4)17-36-26(33)37-18-20(5)38-25(32)22(31)15-21-13-14-23(39-27(34)41-29(6,7)11-2)24(16-21)40-28(35)42-30(8,9)12-3/h13-14,16,19-20,22H,10-12,15,17-18,31H2,1-9H3/t19?,20-,22-/m0/s1. The molecule has 0 saturated carbocycles. The van der Waals surface area contributed by atoms with Gasteiger partial charge in [-0.25, -0.2) is 14.4 Å². The maximum absolute atomic E-state index is 12.6. The highest BCUT2D eigenvalue weighted by molar-refractivity contribution is 5.76. The Bertz CT molecular complexity index is 1050. The number of hydrogen-bond acceptors (Lipinski definition) is 12. The van der Waals surface area contributed by atoms with E-state index < -0.39 is 47.8 Å². The van der Waals surface area contributed by atoms with Crippen LogP contribution in [0.2, 0.25) is 0 Å². The number of rotatable bonds is 15. The molecule has 1 aromatic carbocycles. The van der Waals surface area contributed by atoms with E-state index in [2.05, 4.69) is 0 Å². The van der Waals surface area contributed by atoms with Gasteiger partial charge in [0.05, 0.1) is 6.61 Å². The van der Waals surface area contributed by atoms with Crippen LogP contribution >= 0.6 is 0 Å². The van der Waals surface area contributed by atoms with Crippen LogP contribution in [0.5, 0.6) is 11.5 Å². The van der Waals surface area contributed by atoms with E-state index in [1.807, 2.05) is 27.7 Å². The molecule has 0 aliphatic rings. The van der Waals surface area contributed by atoms with Crippen molar-refractivity contribution in [2.45, 2.75) is 111 Å². The third-order valence-corrected chi connectivity index (χ3v) is 6.51. The summed E-state index contributed by atoms with van der Waals surface area (Å²) in [6, 6.07) is 3.24. The molecule has 1 unspecified atom stereocenters. The molecule has 42 heavy (non-hydrogen) atoms. The summed E-state index contributed by atoms with van der Waals surface area (Å²) < 4.78 is 36.6. The quantitative estimate of drug-likeness (QED) is 0.141. The predicted molar refractivity (Wildman–Crippen MR) is 153 cm³/mol. The van der Waals surface area contributed by atoms with Crippen LogP contribution in [0, 0.1) is 5.92 Å². The van der Waals surface area contributed by atoms with Gasteiger partial charge in [0.1, 0.15) is 30.0 Å². The summed E-state index contributed by atoms with van der Waals surface area (Å²) in [7, 11) is 0. The van der Waals surface area contributed by atoms with Crippen LogP contribution in [0.4, 0.5) is 14.4 Å². The van der Waals surface area contributed by atoms with Gasteiger partial charge in [0.15, 0.2) is 11.5 Å². The van der Waals surface area contributed by atoms with Crippen LogP contribution in [0.25, 0.3) is 0 Å². The molecule has 238 valence electrons. The molecule has 2 N–H and O–H groups in total. The van der Waals surface area contributed by atoms with Gasteiger partial charge < -0.3 is 38.9 Å². The van der Waals surface area contributed by atoms with Gasteiger partial charge in [0.25, 0.3) is 0 Å². The van der Waals surface area contributed by atoms with Gasteiger partial charge in [-0.1, -0.05) is 40.2 Å². The Kier molecular flexibility index (Phi) is 14.6. The zero-order valence-corrected chi connectivity index (χ0v) is 26.3. The lowest BCUT2D eigenvalue weighted by Crippen LogP contribution is -2.37. The van der Waals surface area contributed by atoms with Crippen molar-refractivity contribution in [2.24, 2.45) is 11.7 Å². The first-order valence-electron chi connectivity index (χ1n) is 14.2. The summed E-state index contributed by atoms with van der Waals surface area (Å²) in [5.74, 6) is -0.762. The second kappa shape index (κ2) is 16.8. The van der Waals surface area contributed by atoms with E-state index in [1.54, 1.807) is 40.7 Å². The molecule has 1 rings (SSSR count). The lowest BCUT2D eigenvalue weighted by Gasteiger charge is -2.24. The number of carbonyl (C=O) groups is 4. The van der Waals surface area contributed by atoms with Crippen molar-refractivity contribution in [3.63, 3.8) is 0 Å². The van der Waals surface area contributed by atoms with E-state index in [4.69, 9.17) is 38.9 Å². The van der Waals surface area contributed by atoms with Crippen molar-refractivity contribution in [2.75, 3.05) is 13.2 Å². The molecule has 12 nitrogen and oxygen atoms in total. The second-order valence-corrected chi connectivity index (χ2v) is 11.4. The molecule has 0 aliphatic carbocycles. The highest BCUT2D eigenvalue weighted by atomic mass is 16.8. The number of esters is 1. The summed E-state index contributed by atoms with van der Waals surface area (Å²) in [4.78, 5) is 49.2. The molecule has 0 heterocycles. The van der Waals surface area contributed by atoms with Gasteiger partial charge in [-0.05, 0) is 77.5 Å². The summed E-state index contributed by atoms with van der Waals surface area (Å²) >= 11 is 0. The van der Waals surface area contributed by atoms with Crippen LogP contribution in [-0.2, 0) is 34.9 Å². The number of hydrogen-bond donors (Lipinski definition) is 1. The topological polar surface area (TPSA) is 159 Å². The van der Waals surface area contributed by atoms with Crippen molar-refractivity contribution in [1.29, 1.82) is 0 Å². The number of carbonyl (C=O) groups excluding carboxylic acids is 4. The Morgan fingerprint density at radius 1 is 0.786 bits per heavy atom. The summed E-state index contributed by atoms with van der Waals surface area (Å²) in [6.45, 7) is 16.1. The van der Waals surface area contributed by atoms with E-state index in [0.717, 1.165) is 6.42 Å². The third kappa shape index (κ3) is 13.9. The molecule has 3 atom stereocenters. The smallest absolute Gasteiger partial charge is 0.458 e. The van der Waals surface area contributed by atoms with Gasteiger partial charge in [-0.2, -0.15) is 0 Å². The Hall–Kier alpha value is -3.54. The Morgan fingerprint density at radius 3 is 1.83 bits per heavy atom. The summed E-state index contributed by atoms with van der Waals surface area (Å²) in [6.07, 6.45) is -1.69. The van der Waals surface area contributed by atoms with E-state index in [9.17, 15) is 19.2 Å². The molecule has 12 heteroatoms. The van der Waals surface area contributed by atoms with Gasteiger partial charge in [-0.3, -0.25) is 4.79 Å². The van der Waals surface area contributed by atoms with Crippen molar-refractivity contribution in [3.05, 3.63) is 23.8 Å². The Morgan fingerprint density at radius 2 is 1.31 bits per heavy atom. The average molecular weight is 598 g/mol. The minimum absolute atomic E-state index is 0.0111. The fourth-order valence-corrected chi connectivity index (χ4v) is 2.87.